The standard InChI is InChI=1S/C20H23Cl2N3O/c1-14-5-3-8-18(15(14)2)25-11-9-24(10-12-25)13-19(26)23-20-16(21)6-4-7-17(20)22/h3-8H,9-13H2,1-2H3,(H,23,26). The molecule has 1 aliphatic heterocycles. The molecule has 1 fully saturated rings. The van der Waals surface area contributed by atoms with Gasteiger partial charge in [-0.2, -0.15) is 0 Å². The summed E-state index contributed by atoms with van der Waals surface area (Å²) in [6.45, 7) is 8.14. The van der Waals surface area contributed by atoms with Crippen LogP contribution in [0.25, 0.3) is 0 Å². The third-order valence-corrected chi connectivity index (χ3v) is 5.51. The van der Waals surface area contributed by atoms with Crippen molar-refractivity contribution in [3.8, 4) is 0 Å². The molecule has 1 N–H and O–H groups in total. The number of carbonyl (C=O) groups is 1. The van der Waals surface area contributed by atoms with E-state index in [1.807, 2.05) is 0 Å². The molecule has 26 heavy (non-hydrogen) atoms. The molecule has 0 saturated carbocycles. The number of benzene rings is 2. The summed E-state index contributed by atoms with van der Waals surface area (Å²) in [7, 11) is 0. The first-order valence-electron chi connectivity index (χ1n) is 8.73. The predicted molar refractivity (Wildman–Crippen MR) is 110 cm³/mol. The first-order chi connectivity index (χ1) is 12.5. The second kappa shape index (κ2) is 8.30. The molecular formula is C20H23Cl2N3O. The maximum atomic E-state index is 12.4. The third-order valence-electron chi connectivity index (χ3n) is 4.88. The number of nitrogens with one attached hydrogen (secondary N) is 1. The summed E-state index contributed by atoms with van der Waals surface area (Å²) in [5.74, 6) is -0.0970. The van der Waals surface area contributed by atoms with E-state index in [4.69, 9.17) is 23.2 Å². The van der Waals surface area contributed by atoms with Gasteiger partial charge < -0.3 is 10.2 Å². The number of hydrogen-bond donors (Lipinski definition) is 1. The molecule has 0 unspecified atom stereocenters. The molecule has 138 valence electrons. The van der Waals surface area contributed by atoms with Crippen molar-refractivity contribution in [3.63, 3.8) is 0 Å². The summed E-state index contributed by atoms with van der Waals surface area (Å²) in [6.07, 6.45) is 0. The summed E-state index contributed by atoms with van der Waals surface area (Å²) in [5, 5.41) is 3.73. The molecule has 3 rings (SSSR count). The van der Waals surface area contributed by atoms with E-state index in [2.05, 4.69) is 47.2 Å². The molecular weight excluding hydrogens is 369 g/mol. The van der Waals surface area contributed by atoms with Crippen molar-refractivity contribution >= 4 is 40.5 Å². The van der Waals surface area contributed by atoms with Crippen LogP contribution in [0.3, 0.4) is 0 Å². The van der Waals surface area contributed by atoms with Gasteiger partial charge in [0.2, 0.25) is 5.91 Å². The maximum Gasteiger partial charge on any atom is 0.238 e. The summed E-state index contributed by atoms with van der Waals surface area (Å²) in [5.41, 5.74) is 4.40. The lowest BCUT2D eigenvalue weighted by Crippen LogP contribution is -2.48. The van der Waals surface area contributed by atoms with Crippen molar-refractivity contribution in [2.75, 3.05) is 42.9 Å². The zero-order valence-electron chi connectivity index (χ0n) is 15.1. The SMILES string of the molecule is Cc1cccc(N2CCN(CC(=O)Nc3c(Cl)cccc3Cl)CC2)c1C. The lowest BCUT2D eigenvalue weighted by atomic mass is 10.1. The van der Waals surface area contributed by atoms with Gasteiger partial charge in [-0.15, -0.1) is 0 Å². The molecule has 2 aromatic rings. The minimum Gasteiger partial charge on any atom is -0.369 e. The van der Waals surface area contributed by atoms with Crippen LogP contribution in [-0.4, -0.2) is 43.5 Å². The van der Waals surface area contributed by atoms with Crippen LogP contribution in [0.1, 0.15) is 11.1 Å². The number of aryl methyl sites for hydroxylation is 1. The first-order valence-corrected chi connectivity index (χ1v) is 9.48. The zero-order valence-corrected chi connectivity index (χ0v) is 16.6. The highest BCUT2D eigenvalue weighted by Gasteiger charge is 2.21. The highest BCUT2D eigenvalue weighted by molar-refractivity contribution is 6.39. The van der Waals surface area contributed by atoms with Crippen molar-refractivity contribution in [3.05, 3.63) is 57.6 Å². The summed E-state index contributed by atoms with van der Waals surface area (Å²) in [4.78, 5) is 16.9. The monoisotopic (exact) mass is 391 g/mol. The van der Waals surface area contributed by atoms with Crippen LogP contribution in [0, 0.1) is 13.8 Å². The van der Waals surface area contributed by atoms with Crippen LogP contribution in [0.2, 0.25) is 10.0 Å². The van der Waals surface area contributed by atoms with Gasteiger partial charge in [0.1, 0.15) is 0 Å². The van der Waals surface area contributed by atoms with Crippen molar-refractivity contribution in [2.45, 2.75) is 13.8 Å². The van der Waals surface area contributed by atoms with Crippen LogP contribution >= 0.6 is 23.2 Å². The minimum absolute atomic E-state index is 0.0970. The Morgan fingerprint density at radius 1 is 1.00 bits per heavy atom. The Balaban J connectivity index is 1.55. The molecule has 0 aromatic heterocycles. The lowest BCUT2D eigenvalue weighted by molar-refractivity contribution is -0.117. The molecule has 1 amide bonds. The zero-order chi connectivity index (χ0) is 18.7. The molecule has 0 spiro atoms. The fourth-order valence-corrected chi connectivity index (χ4v) is 3.72. The van der Waals surface area contributed by atoms with Crippen molar-refractivity contribution < 1.29 is 4.79 Å². The third kappa shape index (κ3) is 4.32. The average Bonchev–Trinajstić information content (AvgIpc) is 2.61. The van der Waals surface area contributed by atoms with Gasteiger partial charge in [0.25, 0.3) is 0 Å². The molecule has 4 nitrogen and oxygen atoms in total. The number of carbonyl (C=O) groups excluding carboxylic acids is 1. The summed E-state index contributed by atoms with van der Waals surface area (Å²) in [6, 6.07) is 11.6. The predicted octanol–water partition coefficient (Wildman–Crippen LogP) is 4.37. The van der Waals surface area contributed by atoms with Crippen LogP contribution in [0.15, 0.2) is 36.4 Å². The molecule has 6 heteroatoms. The minimum atomic E-state index is -0.0970. The fraction of sp³-hybridized carbons (Fsp3) is 0.350. The van der Waals surface area contributed by atoms with E-state index in [9.17, 15) is 4.79 Å². The number of amides is 1. The Hall–Kier alpha value is -1.75. The molecule has 0 bridgehead atoms. The van der Waals surface area contributed by atoms with E-state index >= 15 is 0 Å². The van der Waals surface area contributed by atoms with Crippen LogP contribution in [0.4, 0.5) is 11.4 Å². The van der Waals surface area contributed by atoms with Gasteiger partial charge in [-0.25, -0.2) is 0 Å². The first kappa shape index (κ1) is 19.0. The van der Waals surface area contributed by atoms with Crippen LogP contribution < -0.4 is 10.2 Å². The molecule has 2 aromatic carbocycles. The highest BCUT2D eigenvalue weighted by atomic mass is 35.5. The Bertz CT molecular complexity index is 781. The Labute approximate surface area is 164 Å². The molecule has 1 aliphatic rings. The van der Waals surface area contributed by atoms with Gasteiger partial charge >= 0.3 is 0 Å². The lowest BCUT2D eigenvalue weighted by Gasteiger charge is -2.36. The number of piperazine rings is 1. The summed E-state index contributed by atoms with van der Waals surface area (Å²) < 4.78 is 0. The maximum absolute atomic E-state index is 12.4. The molecule has 1 heterocycles. The number of rotatable bonds is 4. The number of para-hydroxylation sites is 1. The van der Waals surface area contributed by atoms with Crippen LogP contribution in [-0.2, 0) is 4.79 Å². The molecule has 1 saturated heterocycles. The quantitative estimate of drug-likeness (QED) is 0.839. The number of halogens is 2. The second-order valence-corrected chi connectivity index (χ2v) is 7.44. The van der Waals surface area contributed by atoms with Gasteiger partial charge in [-0.1, -0.05) is 41.4 Å². The smallest absolute Gasteiger partial charge is 0.238 e. The fourth-order valence-electron chi connectivity index (χ4n) is 3.22. The van der Waals surface area contributed by atoms with E-state index < -0.39 is 0 Å². The molecule has 0 atom stereocenters. The highest BCUT2D eigenvalue weighted by Crippen LogP contribution is 2.29. The average molecular weight is 392 g/mol. The van der Waals surface area contributed by atoms with E-state index in [1.165, 1.54) is 16.8 Å². The Kier molecular flexibility index (Phi) is 6.07. The summed E-state index contributed by atoms with van der Waals surface area (Å²) >= 11 is 12.2. The van der Waals surface area contributed by atoms with E-state index in [0.29, 0.717) is 22.3 Å². The number of nitrogens with zero attached hydrogens (tertiary/aromatic N) is 2. The van der Waals surface area contributed by atoms with E-state index in [1.54, 1.807) is 18.2 Å². The Morgan fingerprint density at radius 2 is 1.62 bits per heavy atom. The van der Waals surface area contributed by atoms with Gasteiger partial charge in [0, 0.05) is 31.9 Å². The number of hydrogen-bond acceptors (Lipinski definition) is 3. The van der Waals surface area contributed by atoms with E-state index in [-0.39, 0.29) is 5.91 Å². The molecule has 0 radical (unpaired) electrons. The largest absolute Gasteiger partial charge is 0.369 e. The van der Waals surface area contributed by atoms with Crippen molar-refractivity contribution in [1.82, 2.24) is 4.90 Å². The number of anilines is 2. The van der Waals surface area contributed by atoms with Gasteiger partial charge in [-0.05, 0) is 43.2 Å². The molecule has 0 aliphatic carbocycles. The van der Waals surface area contributed by atoms with Crippen molar-refractivity contribution in [2.24, 2.45) is 0 Å². The topological polar surface area (TPSA) is 35.6 Å². The van der Waals surface area contributed by atoms with Gasteiger partial charge in [-0.3, -0.25) is 9.69 Å². The Morgan fingerprint density at radius 3 is 2.27 bits per heavy atom. The normalized spacial score (nSPS) is 15.2. The van der Waals surface area contributed by atoms with E-state index in [0.717, 1.165) is 26.2 Å². The van der Waals surface area contributed by atoms with Gasteiger partial charge in [0.05, 0.1) is 22.3 Å². The van der Waals surface area contributed by atoms with Gasteiger partial charge in [0.15, 0.2) is 0 Å². The van der Waals surface area contributed by atoms with Crippen LogP contribution in [0.5, 0.6) is 0 Å². The second-order valence-electron chi connectivity index (χ2n) is 6.63. The van der Waals surface area contributed by atoms with Crippen molar-refractivity contribution in [1.29, 1.82) is 0 Å².